The second-order valence-corrected chi connectivity index (χ2v) is 11.1. The highest BCUT2D eigenvalue weighted by Crippen LogP contribution is 2.32. The zero-order valence-corrected chi connectivity index (χ0v) is 24.1. The third kappa shape index (κ3) is 7.01. The number of rotatable bonds is 12. The first-order valence-electron chi connectivity index (χ1n) is 12.3. The van der Waals surface area contributed by atoms with Crippen LogP contribution in [0.4, 0.5) is 16.5 Å². The molecule has 0 aliphatic heterocycles. The molecule has 3 aromatic carbocycles. The number of nitrogens with zero attached hydrogens (tertiary/aromatic N) is 1. The Morgan fingerprint density at radius 3 is 2.40 bits per heavy atom. The molecule has 0 spiro atoms. The Bertz CT molecular complexity index is 1590. The fourth-order valence-corrected chi connectivity index (χ4v) is 5.59. The summed E-state index contributed by atoms with van der Waals surface area (Å²) in [5.74, 6) is 1.13. The summed E-state index contributed by atoms with van der Waals surface area (Å²) in [6.45, 7) is 3.82. The molecule has 3 N–H and O–H groups in total. The number of nitrogens with one attached hydrogen (secondary N) is 3. The van der Waals surface area contributed by atoms with Crippen molar-refractivity contribution in [2.24, 2.45) is 0 Å². The van der Waals surface area contributed by atoms with Gasteiger partial charge in [-0.3, -0.25) is 9.52 Å². The fourth-order valence-electron chi connectivity index (χ4n) is 3.77. The molecular weight excluding hydrogens is 552 g/mol. The molecule has 40 heavy (non-hydrogen) atoms. The quantitative estimate of drug-likeness (QED) is 0.203. The van der Waals surface area contributed by atoms with Crippen LogP contribution >= 0.6 is 11.3 Å². The zero-order chi connectivity index (χ0) is 28.7. The number of thiazole rings is 1. The van der Waals surface area contributed by atoms with Gasteiger partial charge in [0.25, 0.3) is 15.9 Å². The highest BCUT2D eigenvalue weighted by atomic mass is 32.2. The normalized spacial score (nSPS) is 11.0. The molecule has 0 aliphatic carbocycles. The van der Waals surface area contributed by atoms with Crippen molar-refractivity contribution in [3.8, 4) is 28.5 Å². The summed E-state index contributed by atoms with van der Waals surface area (Å²) < 4.78 is 44.8. The number of carbonyl (C=O) groups is 1. The zero-order valence-electron chi connectivity index (χ0n) is 22.5. The van der Waals surface area contributed by atoms with E-state index in [2.05, 4.69) is 20.3 Å². The van der Waals surface area contributed by atoms with Gasteiger partial charge in [-0.2, -0.15) is 0 Å². The first kappa shape index (κ1) is 28.7. The lowest BCUT2D eigenvalue weighted by atomic mass is 10.1. The molecule has 4 rings (SSSR count). The van der Waals surface area contributed by atoms with E-state index < -0.39 is 15.9 Å². The molecule has 0 aliphatic rings. The number of aromatic nitrogens is 1. The molecule has 210 valence electrons. The third-order valence-electron chi connectivity index (χ3n) is 5.72. The van der Waals surface area contributed by atoms with Crippen molar-refractivity contribution in [1.29, 1.82) is 0 Å². The SMILES string of the molecule is CCOc1ccc(NS(=O)(=O)c2ccc(OCC(=O)Nc3cc(-c4csc(NC)n4)ccc3OC)c(C)c2)cc1. The van der Waals surface area contributed by atoms with Crippen molar-refractivity contribution in [3.05, 3.63) is 71.6 Å². The highest BCUT2D eigenvalue weighted by molar-refractivity contribution is 7.92. The Morgan fingerprint density at radius 2 is 1.75 bits per heavy atom. The number of sulfonamides is 1. The predicted octanol–water partition coefficient (Wildman–Crippen LogP) is 5.39. The molecule has 0 atom stereocenters. The van der Waals surface area contributed by atoms with Crippen LogP contribution in [0.5, 0.6) is 17.2 Å². The Hall–Kier alpha value is -4.29. The number of hydrogen-bond donors (Lipinski definition) is 3. The number of hydrogen-bond acceptors (Lipinski definition) is 9. The highest BCUT2D eigenvalue weighted by Gasteiger charge is 2.17. The number of anilines is 3. The van der Waals surface area contributed by atoms with Crippen molar-refractivity contribution in [3.63, 3.8) is 0 Å². The molecule has 0 unspecified atom stereocenters. The molecule has 0 bridgehead atoms. The summed E-state index contributed by atoms with van der Waals surface area (Å²) >= 11 is 1.48. The first-order chi connectivity index (χ1) is 19.2. The minimum Gasteiger partial charge on any atom is -0.495 e. The summed E-state index contributed by atoms with van der Waals surface area (Å²) in [6, 6.07) is 16.5. The Morgan fingerprint density at radius 1 is 1.00 bits per heavy atom. The van der Waals surface area contributed by atoms with Crippen LogP contribution in [-0.2, 0) is 14.8 Å². The van der Waals surface area contributed by atoms with Crippen LogP contribution in [0.3, 0.4) is 0 Å². The van der Waals surface area contributed by atoms with Crippen molar-refractivity contribution < 1.29 is 27.4 Å². The van der Waals surface area contributed by atoms with E-state index in [0.717, 1.165) is 16.4 Å². The molecule has 0 saturated heterocycles. The summed E-state index contributed by atoms with van der Waals surface area (Å²) in [5.41, 5.74) is 3.04. The van der Waals surface area contributed by atoms with Gasteiger partial charge in [0.2, 0.25) is 0 Å². The topological polar surface area (TPSA) is 128 Å². The molecule has 12 heteroatoms. The van der Waals surface area contributed by atoms with E-state index in [1.54, 1.807) is 50.4 Å². The van der Waals surface area contributed by atoms with Crippen LogP contribution < -0.4 is 29.6 Å². The lowest BCUT2D eigenvalue weighted by Gasteiger charge is -2.14. The molecule has 1 aromatic heterocycles. The lowest BCUT2D eigenvalue weighted by Crippen LogP contribution is -2.21. The molecule has 1 heterocycles. The van der Waals surface area contributed by atoms with Gasteiger partial charge in [-0.25, -0.2) is 13.4 Å². The number of methoxy groups -OCH3 is 1. The monoisotopic (exact) mass is 582 g/mol. The number of aryl methyl sites for hydroxylation is 1. The number of carbonyl (C=O) groups excluding carboxylic acids is 1. The smallest absolute Gasteiger partial charge is 0.262 e. The van der Waals surface area contributed by atoms with Crippen molar-refractivity contribution in [1.82, 2.24) is 4.98 Å². The van der Waals surface area contributed by atoms with Gasteiger partial charge in [0.15, 0.2) is 11.7 Å². The van der Waals surface area contributed by atoms with Crippen LogP contribution in [0.25, 0.3) is 11.3 Å². The minimum absolute atomic E-state index is 0.0701. The Kier molecular flexibility index (Phi) is 9.12. The first-order valence-corrected chi connectivity index (χ1v) is 14.7. The molecule has 1 amide bonds. The maximum absolute atomic E-state index is 12.9. The average Bonchev–Trinajstić information content (AvgIpc) is 3.43. The van der Waals surface area contributed by atoms with Crippen LogP contribution in [0.1, 0.15) is 12.5 Å². The minimum atomic E-state index is -3.83. The van der Waals surface area contributed by atoms with Crippen LogP contribution in [-0.4, -0.2) is 46.7 Å². The summed E-state index contributed by atoms with van der Waals surface area (Å²) in [6.07, 6.45) is 0. The number of ether oxygens (including phenoxy) is 3. The van der Waals surface area contributed by atoms with Gasteiger partial charge in [0.1, 0.15) is 17.2 Å². The molecule has 4 aromatic rings. The van der Waals surface area contributed by atoms with Gasteiger partial charge in [0, 0.05) is 23.7 Å². The number of amides is 1. The van der Waals surface area contributed by atoms with Crippen molar-refractivity contribution in [2.75, 3.05) is 42.7 Å². The van der Waals surface area contributed by atoms with E-state index in [1.165, 1.54) is 36.6 Å². The van der Waals surface area contributed by atoms with Gasteiger partial charge in [-0.15, -0.1) is 11.3 Å². The fraction of sp³-hybridized carbons (Fsp3) is 0.214. The van der Waals surface area contributed by atoms with Gasteiger partial charge in [0.05, 0.1) is 30.0 Å². The molecule has 0 radical (unpaired) electrons. The van der Waals surface area contributed by atoms with Crippen LogP contribution in [0.15, 0.2) is 70.9 Å². The summed E-state index contributed by atoms with van der Waals surface area (Å²) in [5, 5.41) is 8.52. The number of benzene rings is 3. The largest absolute Gasteiger partial charge is 0.495 e. The maximum atomic E-state index is 12.9. The van der Waals surface area contributed by atoms with E-state index in [4.69, 9.17) is 14.2 Å². The Labute approximate surface area is 237 Å². The molecule has 0 saturated carbocycles. The van der Waals surface area contributed by atoms with E-state index in [0.29, 0.717) is 40.8 Å². The van der Waals surface area contributed by atoms with E-state index >= 15 is 0 Å². The molecule has 0 fully saturated rings. The second kappa shape index (κ2) is 12.7. The molecule has 10 nitrogen and oxygen atoms in total. The van der Waals surface area contributed by atoms with E-state index in [9.17, 15) is 13.2 Å². The van der Waals surface area contributed by atoms with Crippen molar-refractivity contribution >= 4 is 43.8 Å². The van der Waals surface area contributed by atoms with Crippen LogP contribution in [0, 0.1) is 6.92 Å². The van der Waals surface area contributed by atoms with Crippen LogP contribution in [0.2, 0.25) is 0 Å². The lowest BCUT2D eigenvalue weighted by molar-refractivity contribution is -0.118. The van der Waals surface area contributed by atoms with Gasteiger partial charge < -0.3 is 24.8 Å². The van der Waals surface area contributed by atoms with Gasteiger partial charge in [-0.05, 0) is 80.1 Å². The average molecular weight is 583 g/mol. The second-order valence-electron chi connectivity index (χ2n) is 8.53. The van der Waals surface area contributed by atoms with E-state index in [1.807, 2.05) is 18.4 Å². The van der Waals surface area contributed by atoms with Crippen molar-refractivity contribution in [2.45, 2.75) is 18.7 Å². The maximum Gasteiger partial charge on any atom is 0.262 e. The van der Waals surface area contributed by atoms with E-state index in [-0.39, 0.29) is 11.5 Å². The summed E-state index contributed by atoms with van der Waals surface area (Å²) in [7, 11) is -0.510. The van der Waals surface area contributed by atoms with Gasteiger partial charge in [-0.1, -0.05) is 0 Å². The Balaban J connectivity index is 1.40. The predicted molar refractivity (Wildman–Crippen MR) is 157 cm³/mol. The standard InChI is InChI=1S/C28H30N4O6S2/c1-5-37-21-9-7-20(8-10-21)32-40(34,35)22-11-13-25(18(2)14-22)38-16-27(33)30-23-15-19(6-12-26(23)36-4)24-17-39-28(29-3)31-24/h6-15,17,32H,5,16H2,1-4H3,(H,29,31)(H,30,33). The summed E-state index contributed by atoms with van der Waals surface area (Å²) in [4.78, 5) is 17.3. The third-order valence-corrected chi connectivity index (χ3v) is 7.96. The molecular formula is C28H30N4O6S2. The van der Waals surface area contributed by atoms with Gasteiger partial charge >= 0.3 is 0 Å².